The van der Waals surface area contributed by atoms with Crippen LogP contribution < -0.4 is 0 Å². The predicted molar refractivity (Wildman–Crippen MR) is 136 cm³/mol. The molecule has 7 heteroatoms. The van der Waals surface area contributed by atoms with Crippen LogP contribution in [0.4, 0.5) is 30.7 Å². The van der Waals surface area contributed by atoms with Crippen LogP contribution in [0.5, 0.6) is 0 Å². The van der Waals surface area contributed by atoms with Gasteiger partial charge in [-0.15, -0.1) is 0 Å². The van der Waals surface area contributed by atoms with Gasteiger partial charge in [-0.05, 0) is 83.7 Å². The van der Waals surface area contributed by atoms with Gasteiger partial charge in [-0.2, -0.15) is 13.2 Å². The summed E-state index contributed by atoms with van der Waals surface area (Å²) in [6.07, 6.45) is 0.0936. The molecular formula is C31H27F7. The first-order chi connectivity index (χ1) is 18.1. The molecule has 0 aliphatic carbocycles. The van der Waals surface area contributed by atoms with Gasteiger partial charge in [0.15, 0.2) is 0 Å². The summed E-state index contributed by atoms with van der Waals surface area (Å²) >= 11 is 0. The molecule has 4 rings (SSSR count). The van der Waals surface area contributed by atoms with Crippen molar-refractivity contribution in [1.29, 1.82) is 0 Å². The lowest BCUT2D eigenvalue weighted by Gasteiger charge is -2.12. The molecule has 0 aromatic heterocycles. The first-order valence-corrected chi connectivity index (χ1v) is 12.6. The van der Waals surface area contributed by atoms with Gasteiger partial charge in [0, 0.05) is 5.39 Å². The van der Waals surface area contributed by atoms with Gasteiger partial charge in [0.25, 0.3) is 0 Å². The third kappa shape index (κ3) is 6.20. The molecule has 0 aliphatic heterocycles. The smallest absolute Gasteiger partial charge is 0.206 e. The summed E-state index contributed by atoms with van der Waals surface area (Å²) in [6.45, 7) is 2.09. The summed E-state index contributed by atoms with van der Waals surface area (Å²) in [6, 6.07) is 13.0. The molecule has 0 N–H and O–H groups in total. The van der Waals surface area contributed by atoms with Crippen molar-refractivity contribution in [2.75, 3.05) is 0 Å². The average molecular weight is 533 g/mol. The minimum atomic E-state index is -4.78. The molecule has 0 amide bonds. The summed E-state index contributed by atoms with van der Waals surface area (Å²) in [5.41, 5.74) is -0.0106. The highest BCUT2D eigenvalue weighted by atomic mass is 19.4. The fourth-order valence-electron chi connectivity index (χ4n) is 4.71. The molecule has 0 radical (unpaired) electrons. The highest BCUT2D eigenvalue weighted by molar-refractivity contribution is 5.88. The summed E-state index contributed by atoms with van der Waals surface area (Å²) < 4.78 is 97.2. The Morgan fingerprint density at radius 1 is 0.632 bits per heavy atom. The topological polar surface area (TPSA) is 0 Å². The van der Waals surface area contributed by atoms with Gasteiger partial charge in [-0.1, -0.05) is 56.5 Å². The lowest BCUT2D eigenvalue weighted by Crippen LogP contribution is -2.08. The number of halogens is 7. The fraction of sp³-hybridized carbons (Fsp3) is 0.290. The Kier molecular flexibility index (Phi) is 8.44. The van der Waals surface area contributed by atoms with Crippen molar-refractivity contribution < 1.29 is 30.7 Å². The van der Waals surface area contributed by atoms with Crippen LogP contribution in [0.15, 0.2) is 60.7 Å². The third-order valence-electron chi connectivity index (χ3n) is 6.77. The average Bonchev–Trinajstić information content (AvgIpc) is 2.85. The van der Waals surface area contributed by atoms with Gasteiger partial charge in [-0.25, -0.2) is 17.6 Å². The molecule has 0 atom stereocenters. The maximum Gasteiger partial charge on any atom is 0.419 e. The minimum absolute atomic E-state index is 0.136. The van der Waals surface area contributed by atoms with Crippen LogP contribution in [0.3, 0.4) is 0 Å². The van der Waals surface area contributed by atoms with E-state index in [4.69, 9.17) is 0 Å². The molecule has 0 saturated carbocycles. The van der Waals surface area contributed by atoms with E-state index < -0.39 is 35.0 Å². The fourth-order valence-corrected chi connectivity index (χ4v) is 4.71. The van der Waals surface area contributed by atoms with Crippen molar-refractivity contribution in [3.05, 3.63) is 106 Å². The van der Waals surface area contributed by atoms with Crippen molar-refractivity contribution in [1.82, 2.24) is 0 Å². The Morgan fingerprint density at radius 2 is 1.34 bits per heavy atom. The molecule has 0 nitrogen and oxygen atoms in total. The van der Waals surface area contributed by atoms with E-state index in [0.29, 0.717) is 34.6 Å². The molecule has 0 heterocycles. The van der Waals surface area contributed by atoms with Crippen LogP contribution in [0, 0.1) is 23.3 Å². The van der Waals surface area contributed by atoms with Crippen molar-refractivity contribution in [3.8, 4) is 11.1 Å². The Hall–Kier alpha value is -3.35. The van der Waals surface area contributed by atoms with Gasteiger partial charge in [0.05, 0.1) is 11.1 Å². The van der Waals surface area contributed by atoms with Crippen LogP contribution in [0.2, 0.25) is 0 Å². The molecule has 200 valence electrons. The highest BCUT2D eigenvalue weighted by Gasteiger charge is 2.33. The second kappa shape index (κ2) is 11.6. The van der Waals surface area contributed by atoms with E-state index in [1.807, 2.05) is 0 Å². The van der Waals surface area contributed by atoms with Crippen molar-refractivity contribution in [3.63, 3.8) is 0 Å². The first-order valence-electron chi connectivity index (χ1n) is 12.6. The number of hydrogen-bond donors (Lipinski definition) is 0. The lowest BCUT2D eigenvalue weighted by molar-refractivity contribution is -0.140. The van der Waals surface area contributed by atoms with Crippen LogP contribution in [-0.4, -0.2) is 0 Å². The quantitative estimate of drug-likeness (QED) is 0.149. The number of unbranched alkanes of at least 4 members (excludes halogenated alkanes) is 3. The zero-order chi connectivity index (χ0) is 27.4. The van der Waals surface area contributed by atoms with E-state index in [1.54, 1.807) is 6.07 Å². The molecule has 4 aromatic carbocycles. The largest absolute Gasteiger partial charge is 0.419 e. The van der Waals surface area contributed by atoms with Crippen LogP contribution in [0.25, 0.3) is 21.9 Å². The maximum absolute atomic E-state index is 15.2. The monoisotopic (exact) mass is 532 g/mol. The number of alkyl halides is 3. The van der Waals surface area contributed by atoms with Gasteiger partial charge in [0.2, 0.25) is 0 Å². The normalized spacial score (nSPS) is 11.9. The Labute approximate surface area is 217 Å². The summed E-state index contributed by atoms with van der Waals surface area (Å²) in [5.74, 6) is -3.25. The summed E-state index contributed by atoms with van der Waals surface area (Å²) in [7, 11) is 0. The van der Waals surface area contributed by atoms with Crippen LogP contribution in [-0.2, 0) is 25.4 Å². The molecular weight excluding hydrogens is 505 g/mol. The molecule has 38 heavy (non-hydrogen) atoms. The zero-order valence-electron chi connectivity index (χ0n) is 20.9. The molecule has 0 saturated heterocycles. The standard InChI is InChI=1S/C31H27F7/c1-2-3-4-5-6-20-16-27(33)29(28(34)17-20)23-12-13-24-22(18-23)11-10-21(30(24)35)9-7-19-8-14-25(26(32)15-19)31(36,37)38/h8,10-18H,2-7,9H2,1H3. The van der Waals surface area contributed by atoms with Gasteiger partial charge in [0.1, 0.15) is 23.3 Å². The van der Waals surface area contributed by atoms with Crippen LogP contribution >= 0.6 is 0 Å². The molecule has 0 spiro atoms. The van der Waals surface area contributed by atoms with E-state index in [-0.39, 0.29) is 29.4 Å². The Morgan fingerprint density at radius 3 is 2.00 bits per heavy atom. The van der Waals surface area contributed by atoms with E-state index in [0.717, 1.165) is 31.7 Å². The maximum atomic E-state index is 15.2. The summed E-state index contributed by atoms with van der Waals surface area (Å²) in [4.78, 5) is 0. The number of rotatable bonds is 9. The zero-order valence-corrected chi connectivity index (χ0v) is 20.9. The number of benzene rings is 4. The Balaban J connectivity index is 1.53. The van der Waals surface area contributed by atoms with E-state index in [9.17, 15) is 26.3 Å². The van der Waals surface area contributed by atoms with Crippen molar-refractivity contribution in [2.45, 2.75) is 58.0 Å². The SMILES string of the molecule is CCCCCCc1cc(F)c(-c2ccc3c(F)c(CCc4ccc(C(F)(F)F)c(F)c4)ccc3c2)c(F)c1. The molecule has 4 aromatic rings. The number of aryl methyl sites for hydroxylation is 3. The molecule has 0 bridgehead atoms. The number of hydrogen-bond acceptors (Lipinski definition) is 0. The van der Waals surface area contributed by atoms with Crippen LogP contribution in [0.1, 0.15) is 54.9 Å². The Bertz CT molecular complexity index is 1410. The molecule has 0 fully saturated rings. The van der Waals surface area contributed by atoms with Gasteiger partial charge in [-0.3, -0.25) is 0 Å². The second-order valence-corrected chi connectivity index (χ2v) is 9.53. The van der Waals surface area contributed by atoms with Gasteiger partial charge < -0.3 is 0 Å². The number of fused-ring (bicyclic) bond motifs is 1. The molecule has 0 aliphatic rings. The van der Waals surface area contributed by atoms with E-state index in [2.05, 4.69) is 6.92 Å². The first kappa shape index (κ1) is 27.7. The predicted octanol–water partition coefficient (Wildman–Crippen LogP) is 9.99. The minimum Gasteiger partial charge on any atom is -0.206 e. The highest BCUT2D eigenvalue weighted by Crippen LogP contribution is 2.33. The van der Waals surface area contributed by atoms with E-state index in [1.165, 1.54) is 42.5 Å². The summed E-state index contributed by atoms with van der Waals surface area (Å²) in [5, 5.41) is 0.699. The lowest BCUT2D eigenvalue weighted by atomic mass is 9.95. The van der Waals surface area contributed by atoms with Gasteiger partial charge >= 0.3 is 6.18 Å². The molecule has 0 unspecified atom stereocenters. The second-order valence-electron chi connectivity index (χ2n) is 9.53. The van der Waals surface area contributed by atoms with Crippen molar-refractivity contribution >= 4 is 10.8 Å². The van der Waals surface area contributed by atoms with Crippen molar-refractivity contribution in [2.24, 2.45) is 0 Å². The van der Waals surface area contributed by atoms with E-state index >= 15 is 4.39 Å². The third-order valence-corrected chi connectivity index (χ3v) is 6.77.